The van der Waals surface area contributed by atoms with Crippen molar-refractivity contribution in [3.8, 4) is 0 Å². The summed E-state index contributed by atoms with van der Waals surface area (Å²) in [5, 5.41) is 4.53. The molecule has 0 spiro atoms. The Morgan fingerprint density at radius 2 is 1.82 bits per heavy atom. The average molecular weight is 581 g/mol. The normalized spacial score (nSPS) is 18.1. The largest absolute Gasteiger partial charge is 0.368 e. The highest BCUT2D eigenvalue weighted by molar-refractivity contribution is 7.99. The number of aromatic nitrogens is 2. The first kappa shape index (κ1) is 28.6. The number of rotatable bonds is 8. The van der Waals surface area contributed by atoms with Gasteiger partial charge in [0, 0.05) is 75.2 Å². The Bertz CT molecular complexity index is 1120. The standard InChI is InChI=1S/C26H35Cl2N7O2S/c1-3-4-8-29-26(37)35-14-13-34(17-19(35)2)23-16-22(28)30-25(31-23)38-18-24(36)33-11-9-32(10-12-33)21-7-5-6-20(27)15-21/h5-7,15-16,19H,3-4,8-14,17-18H2,1-2H3,(H,29,37). The van der Waals surface area contributed by atoms with Crippen molar-refractivity contribution in [2.24, 2.45) is 0 Å². The minimum Gasteiger partial charge on any atom is -0.368 e. The van der Waals surface area contributed by atoms with E-state index >= 15 is 0 Å². The molecule has 1 N–H and O–H groups in total. The lowest BCUT2D eigenvalue weighted by Gasteiger charge is -2.40. The maximum Gasteiger partial charge on any atom is 0.317 e. The van der Waals surface area contributed by atoms with Crippen LogP contribution >= 0.6 is 35.0 Å². The summed E-state index contributed by atoms with van der Waals surface area (Å²) in [5.41, 5.74) is 1.08. The SMILES string of the molecule is CCCCNC(=O)N1CCN(c2cc(Cl)nc(SCC(=O)N3CCN(c4cccc(Cl)c4)CC3)n2)CC1C. The lowest BCUT2D eigenvalue weighted by molar-refractivity contribution is -0.128. The van der Waals surface area contributed by atoms with Gasteiger partial charge in [0.15, 0.2) is 5.16 Å². The van der Waals surface area contributed by atoms with E-state index in [1.54, 1.807) is 6.07 Å². The van der Waals surface area contributed by atoms with Crippen LogP contribution in [0.1, 0.15) is 26.7 Å². The van der Waals surface area contributed by atoms with Gasteiger partial charge in [0.05, 0.1) is 5.75 Å². The zero-order chi connectivity index (χ0) is 27.1. The molecule has 1 unspecified atom stereocenters. The van der Waals surface area contributed by atoms with Gasteiger partial charge >= 0.3 is 6.03 Å². The fourth-order valence-electron chi connectivity index (χ4n) is 4.66. The van der Waals surface area contributed by atoms with Gasteiger partial charge in [-0.1, -0.05) is 54.4 Å². The smallest absolute Gasteiger partial charge is 0.317 e. The first-order valence-electron chi connectivity index (χ1n) is 13.1. The van der Waals surface area contributed by atoms with Crippen molar-refractivity contribution in [1.29, 1.82) is 0 Å². The number of thioether (sulfide) groups is 1. The zero-order valence-corrected chi connectivity index (χ0v) is 24.2. The lowest BCUT2D eigenvalue weighted by atomic mass is 10.2. The fourth-order valence-corrected chi connectivity index (χ4v) is 5.83. The van der Waals surface area contributed by atoms with Gasteiger partial charge in [-0.05, 0) is 31.5 Å². The molecule has 0 radical (unpaired) electrons. The van der Waals surface area contributed by atoms with Gasteiger partial charge in [-0.3, -0.25) is 4.79 Å². The van der Waals surface area contributed by atoms with Gasteiger partial charge in [-0.15, -0.1) is 0 Å². The monoisotopic (exact) mass is 579 g/mol. The molecule has 0 bridgehead atoms. The van der Waals surface area contributed by atoms with Crippen molar-refractivity contribution >= 4 is 58.4 Å². The first-order chi connectivity index (χ1) is 18.3. The fraction of sp³-hybridized carbons (Fsp3) is 0.538. The van der Waals surface area contributed by atoms with Gasteiger partial charge in [0.1, 0.15) is 11.0 Å². The number of halogens is 2. The molecule has 38 heavy (non-hydrogen) atoms. The van der Waals surface area contributed by atoms with E-state index in [0.29, 0.717) is 60.4 Å². The van der Waals surface area contributed by atoms with E-state index in [0.717, 1.165) is 31.6 Å². The van der Waals surface area contributed by atoms with Crippen LogP contribution in [0, 0.1) is 0 Å². The molecule has 2 aliphatic rings. The minimum atomic E-state index is -0.0190. The third-order valence-electron chi connectivity index (χ3n) is 6.81. The third kappa shape index (κ3) is 7.57. The highest BCUT2D eigenvalue weighted by Gasteiger charge is 2.28. The summed E-state index contributed by atoms with van der Waals surface area (Å²) in [6, 6.07) is 9.54. The Labute approximate surface area is 238 Å². The molecule has 12 heteroatoms. The Morgan fingerprint density at radius 1 is 1.05 bits per heavy atom. The van der Waals surface area contributed by atoms with Crippen LogP contribution < -0.4 is 15.1 Å². The Balaban J connectivity index is 1.28. The van der Waals surface area contributed by atoms with E-state index in [4.69, 9.17) is 23.2 Å². The highest BCUT2D eigenvalue weighted by Crippen LogP contribution is 2.25. The Hall–Kier alpha value is -2.43. The average Bonchev–Trinajstić information content (AvgIpc) is 2.91. The molecule has 0 aliphatic carbocycles. The van der Waals surface area contributed by atoms with E-state index in [-0.39, 0.29) is 23.7 Å². The number of unbranched alkanes of at least 4 members (excludes halogenated alkanes) is 1. The van der Waals surface area contributed by atoms with Crippen LogP contribution in [0.5, 0.6) is 0 Å². The first-order valence-corrected chi connectivity index (χ1v) is 14.8. The van der Waals surface area contributed by atoms with Gasteiger partial charge < -0.3 is 24.9 Å². The maximum absolute atomic E-state index is 12.9. The number of amides is 3. The van der Waals surface area contributed by atoms with Crippen LogP contribution in [0.4, 0.5) is 16.3 Å². The summed E-state index contributed by atoms with van der Waals surface area (Å²) in [5.74, 6) is 1.02. The molecular weight excluding hydrogens is 545 g/mol. The van der Waals surface area contributed by atoms with E-state index in [1.165, 1.54) is 11.8 Å². The van der Waals surface area contributed by atoms with Crippen molar-refractivity contribution in [3.05, 3.63) is 40.5 Å². The molecule has 1 atom stereocenters. The molecular formula is C26H35Cl2N7O2S. The highest BCUT2D eigenvalue weighted by atomic mass is 35.5. The number of nitrogens with zero attached hydrogens (tertiary/aromatic N) is 6. The zero-order valence-electron chi connectivity index (χ0n) is 21.9. The molecule has 2 aromatic rings. The summed E-state index contributed by atoms with van der Waals surface area (Å²) in [7, 11) is 0. The van der Waals surface area contributed by atoms with E-state index in [1.807, 2.05) is 41.0 Å². The number of anilines is 2. The van der Waals surface area contributed by atoms with E-state index < -0.39 is 0 Å². The molecule has 0 saturated carbocycles. The molecule has 206 valence electrons. The maximum atomic E-state index is 12.9. The number of nitrogens with one attached hydrogen (secondary N) is 1. The predicted molar refractivity (Wildman–Crippen MR) is 155 cm³/mol. The number of hydrogen-bond acceptors (Lipinski definition) is 7. The molecule has 2 saturated heterocycles. The Morgan fingerprint density at radius 3 is 2.53 bits per heavy atom. The van der Waals surface area contributed by atoms with Crippen molar-refractivity contribution in [3.63, 3.8) is 0 Å². The summed E-state index contributed by atoms with van der Waals surface area (Å²) >= 11 is 13.8. The van der Waals surface area contributed by atoms with Crippen LogP contribution in [0.2, 0.25) is 10.2 Å². The van der Waals surface area contributed by atoms with Gasteiger partial charge in [-0.2, -0.15) is 0 Å². The van der Waals surface area contributed by atoms with E-state index in [9.17, 15) is 9.59 Å². The minimum absolute atomic E-state index is 0.0190. The summed E-state index contributed by atoms with van der Waals surface area (Å²) < 4.78 is 0. The summed E-state index contributed by atoms with van der Waals surface area (Å²) in [6.07, 6.45) is 2.02. The van der Waals surface area contributed by atoms with Crippen LogP contribution in [0.25, 0.3) is 0 Å². The van der Waals surface area contributed by atoms with E-state index in [2.05, 4.69) is 32.0 Å². The number of hydrogen-bond donors (Lipinski definition) is 1. The second-order valence-corrected chi connectivity index (χ2v) is 11.3. The quantitative estimate of drug-likeness (QED) is 0.216. The predicted octanol–water partition coefficient (Wildman–Crippen LogP) is 4.24. The number of piperazine rings is 2. The van der Waals surface area contributed by atoms with Crippen molar-refractivity contribution in [1.82, 2.24) is 25.1 Å². The van der Waals surface area contributed by atoms with Crippen molar-refractivity contribution in [2.75, 3.05) is 67.9 Å². The van der Waals surface area contributed by atoms with Gasteiger partial charge in [-0.25, -0.2) is 14.8 Å². The topological polar surface area (TPSA) is 84.9 Å². The van der Waals surface area contributed by atoms with Crippen LogP contribution in [0.15, 0.2) is 35.5 Å². The molecule has 2 fully saturated rings. The molecule has 4 rings (SSSR count). The third-order valence-corrected chi connectivity index (χ3v) is 8.07. The summed E-state index contributed by atoms with van der Waals surface area (Å²) in [6.45, 7) is 9.56. The van der Waals surface area contributed by atoms with Gasteiger partial charge in [0.2, 0.25) is 5.91 Å². The molecule has 3 heterocycles. The van der Waals surface area contributed by atoms with Crippen LogP contribution in [0.3, 0.4) is 0 Å². The van der Waals surface area contributed by atoms with Crippen molar-refractivity contribution < 1.29 is 9.59 Å². The molecule has 2 aliphatic heterocycles. The second-order valence-electron chi connectivity index (χ2n) is 9.54. The lowest BCUT2D eigenvalue weighted by Crippen LogP contribution is -2.56. The number of carbonyl (C=O) groups is 2. The molecule has 9 nitrogen and oxygen atoms in total. The van der Waals surface area contributed by atoms with Gasteiger partial charge in [0.25, 0.3) is 0 Å². The van der Waals surface area contributed by atoms with Crippen molar-refractivity contribution in [2.45, 2.75) is 37.9 Å². The second kappa shape index (κ2) is 13.6. The molecule has 3 amide bonds. The Kier molecular flexibility index (Phi) is 10.2. The van der Waals surface area contributed by atoms with Crippen LogP contribution in [-0.2, 0) is 4.79 Å². The van der Waals surface area contributed by atoms with Crippen LogP contribution in [-0.4, -0.2) is 95.9 Å². The molecule has 1 aromatic carbocycles. The number of urea groups is 1. The number of carbonyl (C=O) groups excluding carboxylic acids is 2. The summed E-state index contributed by atoms with van der Waals surface area (Å²) in [4.78, 5) is 42.5. The molecule has 1 aromatic heterocycles. The number of benzene rings is 1.